The Morgan fingerprint density at radius 3 is 2.76 bits per heavy atom. The van der Waals surface area contributed by atoms with Crippen LogP contribution in [0.3, 0.4) is 0 Å². The van der Waals surface area contributed by atoms with Crippen molar-refractivity contribution in [1.29, 1.82) is 0 Å². The molecule has 2 rings (SSSR count). The molecule has 92 valence electrons. The fourth-order valence-electron chi connectivity index (χ4n) is 1.57. The Balaban J connectivity index is 1.98. The normalized spacial score (nSPS) is 21.3. The van der Waals surface area contributed by atoms with Gasteiger partial charge in [0.05, 0.1) is 6.21 Å². The third kappa shape index (κ3) is 3.01. The number of hydrogen-bond donors (Lipinski definition) is 0. The van der Waals surface area contributed by atoms with Crippen LogP contribution in [0.15, 0.2) is 28.7 Å². The Morgan fingerprint density at radius 1 is 1.41 bits per heavy atom. The number of rotatable bonds is 2. The number of benzene rings is 1. The molecule has 0 N–H and O–H groups in total. The maximum atomic E-state index is 11.8. The topological polar surface area (TPSA) is 44.7 Å². The minimum atomic E-state index is -1.21. The molecule has 1 heterocycles. The third-order valence-corrected chi connectivity index (χ3v) is 3.88. The molecule has 4 heteroatoms. The summed E-state index contributed by atoms with van der Waals surface area (Å²) >= 11 is -1.21. The highest BCUT2D eigenvalue weighted by Gasteiger charge is 2.27. The van der Waals surface area contributed by atoms with E-state index >= 15 is 0 Å². The first-order valence-electron chi connectivity index (χ1n) is 5.67. The molecule has 0 aromatic heterocycles. The van der Waals surface area contributed by atoms with Gasteiger partial charge in [0.25, 0.3) is 0 Å². The van der Waals surface area contributed by atoms with E-state index in [-0.39, 0.29) is 10.9 Å². The van der Waals surface area contributed by atoms with Gasteiger partial charge in [-0.15, -0.1) is 0 Å². The minimum Gasteiger partial charge on any atom is -0.591 e. The van der Waals surface area contributed by atoms with Crippen LogP contribution in [-0.2, 0) is 17.8 Å². The van der Waals surface area contributed by atoms with Crippen LogP contribution in [0.5, 0.6) is 5.75 Å². The highest BCUT2D eigenvalue weighted by atomic mass is 32.2. The Labute approximate surface area is 105 Å². The number of nitrogens with zero attached hydrogens (tertiary/aromatic N) is 1. The van der Waals surface area contributed by atoms with Gasteiger partial charge in [0.15, 0.2) is 0 Å². The number of ether oxygens (including phenoxy) is 1. The van der Waals surface area contributed by atoms with Crippen LogP contribution in [0.1, 0.15) is 26.3 Å². The molecule has 0 radical (unpaired) electrons. The lowest BCUT2D eigenvalue weighted by molar-refractivity contribution is 0.306. The van der Waals surface area contributed by atoms with Crippen LogP contribution in [0.25, 0.3) is 0 Å². The van der Waals surface area contributed by atoms with Gasteiger partial charge in [-0.05, 0) is 32.4 Å². The zero-order valence-electron chi connectivity index (χ0n) is 10.3. The van der Waals surface area contributed by atoms with Gasteiger partial charge in [0.1, 0.15) is 28.0 Å². The van der Waals surface area contributed by atoms with Crippen LogP contribution >= 0.6 is 0 Å². The van der Waals surface area contributed by atoms with E-state index in [0.717, 1.165) is 12.2 Å². The molecule has 0 saturated carbocycles. The van der Waals surface area contributed by atoms with E-state index in [9.17, 15) is 4.55 Å². The second-order valence-electron chi connectivity index (χ2n) is 5.08. The summed E-state index contributed by atoms with van der Waals surface area (Å²) in [6.07, 6.45) is 2.39. The molecule has 0 saturated heterocycles. The summed E-state index contributed by atoms with van der Waals surface area (Å²) in [5, 5.41) is 0. The van der Waals surface area contributed by atoms with E-state index in [0.29, 0.717) is 0 Å². The first kappa shape index (κ1) is 12.5. The third-order valence-electron chi connectivity index (χ3n) is 2.52. The van der Waals surface area contributed by atoms with Crippen molar-refractivity contribution in [2.75, 3.05) is 0 Å². The Morgan fingerprint density at radius 2 is 2.12 bits per heavy atom. The predicted octanol–water partition coefficient (Wildman–Crippen LogP) is 2.52. The molecule has 0 bridgehead atoms. The Kier molecular flexibility index (Phi) is 3.45. The maximum Gasteiger partial charge on any atom is 0.144 e. The van der Waals surface area contributed by atoms with Crippen molar-refractivity contribution in [3.8, 4) is 5.75 Å². The Hall–Kier alpha value is -1.00. The van der Waals surface area contributed by atoms with Crippen molar-refractivity contribution in [1.82, 2.24) is 0 Å². The molecule has 1 aliphatic heterocycles. The van der Waals surface area contributed by atoms with Gasteiger partial charge in [-0.1, -0.05) is 22.6 Å². The average molecular weight is 251 g/mol. The van der Waals surface area contributed by atoms with E-state index in [1.807, 2.05) is 45.0 Å². The number of hydrogen-bond acceptors (Lipinski definition) is 3. The number of fused-ring (bicyclic) bond motifs is 1. The van der Waals surface area contributed by atoms with Crippen molar-refractivity contribution in [2.45, 2.75) is 38.0 Å². The van der Waals surface area contributed by atoms with Gasteiger partial charge in [-0.3, -0.25) is 0 Å². The molecule has 0 fully saturated rings. The summed E-state index contributed by atoms with van der Waals surface area (Å²) in [5.74, 6) is 0.908. The fourth-order valence-corrected chi connectivity index (χ4v) is 2.14. The van der Waals surface area contributed by atoms with Crippen molar-refractivity contribution in [3.63, 3.8) is 0 Å². The molecular weight excluding hydrogens is 234 g/mol. The van der Waals surface area contributed by atoms with Gasteiger partial charge in [-0.25, -0.2) is 0 Å². The van der Waals surface area contributed by atoms with Crippen molar-refractivity contribution in [3.05, 3.63) is 29.8 Å². The summed E-state index contributed by atoms with van der Waals surface area (Å²) in [4.78, 5) is 0. The quantitative estimate of drug-likeness (QED) is 0.599. The monoisotopic (exact) mass is 251 g/mol. The van der Waals surface area contributed by atoms with Crippen LogP contribution in [0, 0.1) is 0 Å². The van der Waals surface area contributed by atoms with Crippen LogP contribution in [0.2, 0.25) is 0 Å². The average Bonchev–Trinajstić information content (AvgIpc) is 2.66. The zero-order chi connectivity index (χ0) is 12.5. The van der Waals surface area contributed by atoms with E-state index in [4.69, 9.17) is 4.74 Å². The SMILES string of the molecule is CC(C)(C)[S+]([O-])N=CC1Cc2ccccc2O1. The molecule has 3 nitrogen and oxygen atoms in total. The van der Waals surface area contributed by atoms with Crippen molar-refractivity contribution in [2.24, 2.45) is 4.40 Å². The summed E-state index contributed by atoms with van der Waals surface area (Å²) < 4.78 is 21.2. The van der Waals surface area contributed by atoms with E-state index in [2.05, 4.69) is 4.40 Å². The van der Waals surface area contributed by atoms with Gasteiger partial charge in [0, 0.05) is 6.42 Å². The first-order valence-corrected chi connectivity index (χ1v) is 6.78. The summed E-state index contributed by atoms with van der Waals surface area (Å²) in [6, 6.07) is 7.94. The largest absolute Gasteiger partial charge is 0.591 e. The molecule has 0 aliphatic carbocycles. The van der Waals surface area contributed by atoms with Gasteiger partial charge >= 0.3 is 0 Å². The molecule has 1 aliphatic rings. The first-order chi connectivity index (χ1) is 7.97. The molecule has 1 aromatic rings. The molecule has 2 unspecified atom stereocenters. The molecule has 17 heavy (non-hydrogen) atoms. The summed E-state index contributed by atoms with van der Waals surface area (Å²) in [7, 11) is 0. The van der Waals surface area contributed by atoms with Crippen molar-refractivity contribution >= 4 is 17.6 Å². The zero-order valence-corrected chi connectivity index (χ0v) is 11.2. The maximum absolute atomic E-state index is 11.8. The standard InChI is InChI=1S/C13H17NO2S/c1-13(2,3)17(15)14-9-11-8-10-6-4-5-7-12(10)16-11/h4-7,9,11H,8H2,1-3H3. The van der Waals surface area contributed by atoms with Crippen LogP contribution in [-0.4, -0.2) is 21.6 Å². The van der Waals surface area contributed by atoms with E-state index < -0.39 is 11.4 Å². The van der Waals surface area contributed by atoms with Gasteiger partial charge < -0.3 is 9.29 Å². The summed E-state index contributed by atoms with van der Waals surface area (Å²) in [5.41, 5.74) is 1.19. The highest BCUT2D eigenvalue weighted by molar-refractivity contribution is 7.91. The minimum absolute atomic E-state index is 0.0845. The van der Waals surface area contributed by atoms with E-state index in [1.165, 1.54) is 5.56 Å². The van der Waals surface area contributed by atoms with Crippen LogP contribution < -0.4 is 4.74 Å². The van der Waals surface area contributed by atoms with Gasteiger partial charge in [-0.2, -0.15) is 0 Å². The Bertz CT molecular complexity index is 401. The van der Waals surface area contributed by atoms with Crippen molar-refractivity contribution < 1.29 is 9.29 Å². The molecule has 1 aromatic carbocycles. The smallest absolute Gasteiger partial charge is 0.144 e. The lowest BCUT2D eigenvalue weighted by Gasteiger charge is -2.18. The van der Waals surface area contributed by atoms with Gasteiger partial charge in [0.2, 0.25) is 0 Å². The second-order valence-corrected chi connectivity index (χ2v) is 7.02. The lowest BCUT2D eigenvalue weighted by atomic mass is 10.1. The van der Waals surface area contributed by atoms with E-state index in [1.54, 1.807) is 6.21 Å². The predicted molar refractivity (Wildman–Crippen MR) is 70.9 cm³/mol. The summed E-state index contributed by atoms with van der Waals surface area (Å²) in [6.45, 7) is 5.72. The number of para-hydroxylation sites is 1. The molecule has 2 atom stereocenters. The second kappa shape index (κ2) is 4.70. The van der Waals surface area contributed by atoms with Crippen LogP contribution in [0.4, 0.5) is 0 Å². The molecular formula is C13H17NO2S. The highest BCUT2D eigenvalue weighted by Crippen LogP contribution is 2.27. The fraction of sp³-hybridized carbons (Fsp3) is 0.462. The lowest BCUT2D eigenvalue weighted by Crippen LogP contribution is -2.27. The molecule has 0 spiro atoms. The molecule has 0 amide bonds.